The molecule has 2 rings (SSSR count). The minimum atomic E-state index is -0.0113. The molecule has 1 amide bonds. The standard InChI is InChI=1S/C15H16ClNO2S/c1-19-13-9-14(20-11-13)15(18)17(8-7-16)10-12-5-3-2-4-6-12/h2-6,9,11H,7-8,10H2,1H3. The summed E-state index contributed by atoms with van der Waals surface area (Å²) in [6, 6.07) is 11.7. The SMILES string of the molecule is COc1csc(C(=O)N(CCCl)Cc2ccccc2)c1. The first kappa shape index (κ1) is 14.9. The van der Waals surface area contributed by atoms with E-state index in [-0.39, 0.29) is 5.91 Å². The number of hydrogen-bond donors (Lipinski definition) is 0. The molecule has 106 valence electrons. The van der Waals surface area contributed by atoms with Crippen LogP contribution in [-0.4, -0.2) is 30.3 Å². The summed E-state index contributed by atoms with van der Waals surface area (Å²) in [6.45, 7) is 1.09. The zero-order valence-corrected chi connectivity index (χ0v) is 12.8. The predicted molar refractivity (Wildman–Crippen MR) is 82.8 cm³/mol. The lowest BCUT2D eigenvalue weighted by atomic mass is 10.2. The quantitative estimate of drug-likeness (QED) is 0.763. The van der Waals surface area contributed by atoms with E-state index in [9.17, 15) is 4.79 Å². The molecule has 0 atom stereocenters. The van der Waals surface area contributed by atoms with Gasteiger partial charge in [-0.05, 0) is 5.56 Å². The Morgan fingerprint density at radius 1 is 1.35 bits per heavy atom. The number of benzene rings is 1. The zero-order chi connectivity index (χ0) is 14.4. The van der Waals surface area contributed by atoms with Gasteiger partial charge in [-0.15, -0.1) is 22.9 Å². The monoisotopic (exact) mass is 309 g/mol. The largest absolute Gasteiger partial charge is 0.496 e. The second kappa shape index (κ2) is 7.31. The van der Waals surface area contributed by atoms with Crippen LogP contribution in [0.4, 0.5) is 0 Å². The van der Waals surface area contributed by atoms with Crippen LogP contribution >= 0.6 is 22.9 Å². The van der Waals surface area contributed by atoms with Gasteiger partial charge in [0.05, 0.1) is 12.0 Å². The highest BCUT2D eigenvalue weighted by atomic mass is 35.5. The Bertz CT molecular complexity index is 556. The summed E-state index contributed by atoms with van der Waals surface area (Å²) in [5.74, 6) is 1.12. The Balaban J connectivity index is 2.13. The summed E-state index contributed by atoms with van der Waals surface area (Å²) in [5, 5.41) is 1.83. The Morgan fingerprint density at radius 3 is 2.70 bits per heavy atom. The third-order valence-corrected chi connectivity index (χ3v) is 3.95. The predicted octanol–water partition coefficient (Wildman–Crippen LogP) is 3.64. The maximum absolute atomic E-state index is 12.5. The van der Waals surface area contributed by atoms with E-state index < -0.39 is 0 Å². The fourth-order valence-corrected chi connectivity index (χ4v) is 2.88. The van der Waals surface area contributed by atoms with E-state index in [1.165, 1.54) is 11.3 Å². The van der Waals surface area contributed by atoms with Crippen molar-refractivity contribution in [2.45, 2.75) is 6.54 Å². The average Bonchev–Trinajstić information content (AvgIpc) is 2.96. The van der Waals surface area contributed by atoms with Gasteiger partial charge >= 0.3 is 0 Å². The van der Waals surface area contributed by atoms with Gasteiger partial charge in [-0.1, -0.05) is 30.3 Å². The molecule has 0 bridgehead atoms. The van der Waals surface area contributed by atoms with Crippen LogP contribution in [0.2, 0.25) is 0 Å². The van der Waals surface area contributed by atoms with Crippen molar-refractivity contribution < 1.29 is 9.53 Å². The summed E-state index contributed by atoms with van der Waals surface area (Å²) in [7, 11) is 1.59. The number of hydrogen-bond acceptors (Lipinski definition) is 3. The number of alkyl halides is 1. The van der Waals surface area contributed by atoms with E-state index in [1.807, 2.05) is 35.7 Å². The molecule has 0 fully saturated rings. The first-order chi connectivity index (χ1) is 9.74. The Labute approximate surface area is 127 Å². The van der Waals surface area contributed by atoms with E-state index in [1.54, 1.807) is 18.1 Å². The molecule has 0 saturated heterocycles. The molecular weight excluding hydrogens is 294 g/mol. The van der Waals surface area contributed by atoms with Gasteiger partial charge in [0.25, 0.3) is 5.91 Å². The number of halogens is 1. The van der Waals surface area contributed by atoms with Gasteiger partial charge in [-0.2, -0.15) is 0 Å². The molecule has 3 nitrogen and oxygen atoms in total. The van der Waals surface area contributed by atoms with E-state index in [2.05, 4.69) is 0 Å². The molecule has 0 spiro atoms. The normalized spacial score (nSPS) is 10.3. The number of methoxy groups -OCH3 is 1. The fraction of sp³-hybridized carbons (Fsp3) is 0.267. The highest BCUT2D eigenvalue weighted by Gasteiger charge is 2.17. The first-order valence-electron chi connectivity index (χ1n) is 6.26. The first-order valence-corrected chi connectivity index (χ1v) is 7.67. The van der Waals surface area contributed by atoms with Crippen molar-refractivity contribution in [3.63, 3.8) is 0 Å². The molecule has 20 heavy (non-hydrogen) atoms. The van der Waals surface area contributed by atoms with E-state index in [0.29, 0.717) is 29.6 Å². The fourth-order valence-electron chi connectivity index (χ4n) is 1.85. The van der Waals surface area contributed by atoms with Gasteiger partial charge in [0.2, 0.25) is 0 Å². The summed E-state index contributed by atoms with van der Waals surface area (Å²) >= 11 is 7.20. The van der Waals surface area contributed by atoms with Crippen LogP contribution in [0.25, 0.3) is 0 Å². The second-order valence-electron chi connectivity index (χ2n) is 4.25. The lowest BCUT2D eigenvalue weighted by Crippen LogP contribution is -2.31. The summed E-state index contributed by atoms with van der Waals surface area (Å²) < 4.78 is 5.12. The molecule has 1 heterocycles. The molecule has 0 aliphatic rings. The maximum Gasteiger partial charge on any atom is 0.264 e. The molecule has 0 aliphatic heterocycles. The van der Waals surface area contributed by atoms with E-state index >= 15 is 0 Å². The highest BCUT2D eigenvalue weighted by Crippen LogP contribution is 2.23. The van der Waals surface area contributed by atoms with Gasteiger partial charge in [0.15, 0.2) is 0 Å². The summed E-state index contributed by atoms with van der Waals surface area (Å²) in [5.41, 5.74) is 1.09. The topological polar surface area (TPSA) is 29.5 Å². The zero-order valence-electron chi connectivity index (χ0n) is 11.2. The molecule has 5 heteroatoms. The van der Waals surface area contributed by atoms with Crippen LogP contribution in [0.1, 0.15) is 15.2 Å². The smallest absolute Gasteiger partial charge is 0.264 e. The average molecular weight is 310 g/mol. The van der Waals surface area contributed by atoms with Gasteiger partial charge in [0.1, 0.15) is 5.75 Å². The van der Waals surface area contributed by atoms with Gasteiger partial charge < -0.3 is 9.64 Å². The van der Waals surface area contributed by atoms with E-state index in [0.717, 1.165) is 5.56 Å². The van der Waals surface area contributed by atoms with Gasteiger partial charge in [-0.3, -0.25) is 4.79 Å². The second-order valence-corrected chi connectivity index (χ2v) is 5.54. The third-order valence-electron chi connectivity index (χ3n) is 2.88. The highest BCUT2D eigenvalue weighted by molar-refractivity contribution is 7.12. The minimum Gasteiger partial charge on any atom is -0.496 e. The van der Waals surface area contributed by atoms with Crippen molar-refractivity contribution in [2.75, 3.05) is 19.5 Å². The lowest BCUT2D eigenvalue weighted by Gasteiger charge is -2.21. The molecule has 1 aromatic heterocycles. The number of carbonyl (C=O) groups is 1. The van der Waals surface area contributed by atoms with Crippen molar-refractivity contribution in [1.29, 1.82) is 0 Å². The van der Waals surface area contributed by atoms with Crippen molar-refractivity contribution in [3.8, 4) is 5.75 Å². The molecule has 0 radical (unpaired) electrons. The number of carbonyl (C=O) groups excluding carboxylic acids is 1. The summed E-state index contributed by atoms with van der Waals surface area (Å²) in [4.78, 5) is 14.9. The molecule has 1 aromatic carbocycles. The summed E-state index contributed by atoms with van der Waals surface area (Å²) in [6.07, 6.45) is 0. The van der Waals surface area contributed by atoms with Crippen LogP contribution in [0, 0.1) is 0 Å². The Hall–Kier alpha value is -1.52. The molecule has 0 unspecified atom stereocenters. The molecule has 0 N–H and O–H groups in total. The number of amides is 1. The van der Waals surface area contributed by atoms with Gasteiger partial charge in [-0.25, -0.2) is 0 Å². The third kappa shape index (κ3) is 3.74. The number of nitrogens with zero attached hydrogens (tertiary/aromatic N) is 1. The number of ether oxygens (including phenoxy) is 1. The number of thiophene rings is 1. The van der Waals surface area contributed by atoms with Crippen LogP contribution in [-0.2, 0) is 6.54 Å². The van der Waals surface area contributed by atoms with Crippen molar-refractivity contribution in [1.82, 2.24) is 4.90 Å². The minimum absolute atomic E-state index is 0.0113. The molecular formula is C15H16ClNO2S. The molecule has 2 aromatic rings. The van der Waals surface area contributed by atoms with Gasteiger partial charge in [0, 0.05) is 30.4 Å². The Morgan fingerprint density at radius 2 is 2.10 bits per heavy atom. The number of rotatable bonds is 6. The lowest BCUT2D eigenvalue weighted by molar-refractivity contribution is 0.0758. The molecule has 0 saturated carbocycles. The van der Waals surface area contributed by atoms with E-state index in [4.69, 9.17) is 16.3 Å². The van der Waals surface area contributed by atoms with Crippen molar-refractivity contribution in [2.24, 2.45) is 0 Å². The Kier molecular flexibility index (Phi) is 5.44. The van der Waals surface area contributed by atoms with Crippen molar-refractivity contribution in [3.05, 3.63) is 52.2 Å². The maximum atomic E-state index is 12.5. The van der Waals surface area contributed by atoms with Crippen LogP contribution in [0.5, 0.6) is 5.75 Å². The van der Waals surface area contributed by atoms with Crippen LogP contribution < -0.4 is 4.74 Å². The van der Waals surface area contributed by atoms with Crippen molar-refractivity contribution >= 4 is 28.8 Å². The van der Waals surface area contributed by atoms with Crippen LogP contribution in [0.3, 0.4) is 0 Å². The van der Waals surface area contributed by atoms with Crippen LogP contribution in [0.15, 0.2) is 41.8 Å². The molecule has 0 aliphatic carbocycles.